The van der Waals surface area contributed by atoms with Crippen molar-refractivity contribution in [2.24, 2.45) is 0 Å². The molecule has 0 radical (unpaired) electrons. The van der Waals surface area contributed by atoms with Crippen molar-refractivity contribution >= 4 is 38.2 Å². The molecule has 2 heterocycles. The Kier molecular flexibility index (Phi) is 7.05. The maximum absolute atomic E-state index is 13.1. The van der Waals surface area contributed by atoms with Crippen molar-refractivity contribution in [3.8, 4) is 5.75 Å². The molecule has 0 amide bonds. The summed E-state index contributed by atoms with van der Waals surface area (Å²) in [4.78, 5) is 32.2. The molecule has 5 rings (SSSR count). The van der Waals surface area contributed by atoms with Gasteiger partial charge in [0, 0.05) is 43.4 Å². The highest BCUT2D eigenvalue weighted by molar-refractivity contribution is 7.90. The van der Waals surface area contributed by atoms with Gasteiger partial charge in [-0.25, -0.2) is 13.2 Å². The van der Waals surface area contributed by atoms with Crippen LogP contribution in [0.2, 0.25) is 5.02 Å². The number of aromatic nitrogens is 2. The number of benzene rings is 3. The first kappa shape index (κ1) is 25.1. The van der Waals surface area contributed by atoms with Gasteiger partial charge in [-0.3, -0.25) is 9.69 Å². The van der Waals surface area contributed by atoms with Crippen molar-refractivity contribution in [3.63, 3.8) is 0 Å². The number of aromatic amines is 1. The third kappa shape index (κ3) is 5.27. The van der Waals surface area contributed by atoms with E-state index in [9.17, 15) is 18.0 Å². The Morgan fingerprint density at radius 3 is 2.30 bits per heavy atom. The lowest BCUT2D eigenvalue weighted by molar-refractivity contribution is 0.200. The van der Waals surface area contributed by atoms with Gasteiger partial charge in [-0.15, -0.1) is 3.97 Å². The molecule has 1 aromatic heterocycles. The molecule has 1 aliphatic heterocycles. The van der Waals surface area contributed by atoms with E-state index in [0.717, 1.165) is 32.7 Å². The molecule has 4 aromatic rings. The van der Waals surface area contributed by atoms with Gasteiger partial charge in [0.1, 0.15) is 12.4 Å². The number of para-hydroxylation sites is 1. The van der Waals surface area contributed by atoms with E-state index in [0.29, 0.717) is 17.4 Å². The standard InChI is InChI=1S/C26H25ClN4O5S/c27-19-6-11-23-24(18-19)28-26(33)31(25(23)32)37(34,35)22-9-7-21(8-10-22)36-17-16-29-12-14-30(15-13-29)20-4-2-1-3-5-20/h1-11,18H,12-17H2,(H,28,33). The topological polar surface area (TPSA) is 105 Å². The van der Waals surface area contributed by atoms with Gasteiger partial charge in [0.15, 0.2) is 0 Å². The molecule has 1 saturated heterocycles. The molecule has 0 aliphatic carbocycles. The van der Waals surface area contributed by atoms with Crippen LogP contribution in [0.3, 0.4) is 0 Å². The van der Waals surface area contributed by atoms with Crippen molar-refractivity contribution < 1.29 is 13.2 Å². The first-order valence-electron chi connectivity index (χ1n) is 11.8. The van der Waals surface area contributed by atoms with Crippen LogP contribution >= 0.6 is 11.6 Å². The minimum absolute atomic E-state index is 0.0390. The fraction of sp³-hybridized carbons (Fsp3) is 0.231. The first-order chi connectivity index (χ1) is 17.8. The van der Waals surface area contributed by atoms with Crippen LogP contribution in [0.1, 0.15) is 0 Å². The van der Waals surface area contributed by atoms with E-state index in [1.54, 1.807) is 0 Å². The highest BCUT2D eigenvalue weighted by Crippen LogP contribution is 2.19. The van der Waals surface area contributed by atoms with Crippen LogP contribution in [0.4, 0.5) is 5.69 Å². The molecule has 0 saturated carbocycles. The van der Waals surface area contributed by atoms with Crippen molar-refractivity contribution in [1.29, 1.82) is 0 Å². The highest BCUT2D eigenvalue weighted by Gasteiger charge is 2.23. The second kappa shape index (κ2) is 10.4. The number of ether oxygens (including phenoxy) is 1. The number of fused-ring (bicyclic) bond motifs is 1. The Morgan fingerprint density at radius 2 is 1.59 bits per heavy atom. The van der Waals surface area contributed by atoms with Gasteiger partial charge in [0.25, 0.3) is 15.6 Å². The fourth-order valence-corrected chi connectivity index (χ4v) is 5.81. The molecular formula is C26H25ClN4O5S. The number of halogens is 1. The molecule has 192 valence electrons. The molecule has 3 aromatic carbocycles. The zero-order valence-corrected chi connectivity index (χ0v) is 21.4. The van der Waals surface area contributed by atoms with Gasteiger partial charge in [0.05, 0.1) is 15.8 Å². The van der Waals surface area contributed by atoms with Crippen LogP contribution in [-0.4, -0.2) is 61.6 Å². The molecule has 0 atom stereocenters. The van der Waals surface area contributed by atoms with Crippen LogP contribution in [-0.2, 0) is 10.0 Å². The highest BCUT2D eigenvalue weighted by atomic mass is 35.5. The maximum Gasteiger partial charge on any atom is 0.343 e. The number of piperazine rings is 1. The Labute approximate surface area is 218 Å². The molecule has 1 aliphatic rings. The molecule has 0 bridgehead atoms. The predicted molar refractivity (Wildman–Crippen MR) is 143 cm³/mol. The fourth-order valence-electron chi connectivity index (χ4n) is 4.37. The number of hydrogen-bond acceptors (Lipinski definition) is 7. The number of hydrogen-bond donors (Lipinski definition) is 1. The molecule has 0 spiro atoms. The summed E-state index contributed by atoms with van der Waals surface area (Å²) < 4.78 is 32.3. The Morgan fingerprint density at radius 1 is 0.892 bits per heavy atom. The quantitative estimate of drug-likeness (QED) is 0.384. The van der Waals surface area contributed by atoms with Gasteiger partial charge >= 0.3 is 5.69 Å². The number of nitrogens with one attached hydrogen (secondary N) is 1. The number of nitrogens with zero attached hydrogens (tertiary/aromatic N) is 3. The van der Waals surface area contributed by atoms with Gasteiger partial charge < -0.3 is 14.6 Å². The Bertz CT molecular complexity index is 1630. The summed E-state index contributed by atoms with van der Waals surface area (Å²) in [5.74, 6) is 0.497. The summed E-state index contributed by atoms with van der Waals surface area (Å²) in [5, 5.41) is 0.352. The van der Waals surface area contributed by atoms with Gasteiger partial charge in [-0.2, -0.15) is 0 Å². The van der Waals surface area contributed by atoms with Crippen molar-refractivity contribution in [2.75, 3.05) is 44.2 Å². The average molecular weight is 541 g/mol. The van der Waals surface area contributed by atoms with Crippen LogP contribution in [0.25, 0.3) is 10.9 Å². The summed E-state index contributed by atoms with van der Waals surface area (Å²) in [6.45, 7) is 4.93. The third-order valence-corrected chi connectivity index (χ3v) is 8.27. The number of rotatable bonds is 7. The second-order valence-electron chi connectivity index (χ2n) is 8.68. The minimum Gasteiger partial charge on any atom is -0.492 e. The molecule has 9 nitrogen and oxygen atoms in total. The summed E-state index contributed by atoms with van der Waals surface area (Å²) >= 11 is 5.91. The lowest BCUT2D eigenvalue weighted by Gasteiger charge is -2.36. The summed E-state index contributed by atoms with van der Waals surface area (Å²) in [5.41, 5.74) is -0.611. The van der Waals surface area contributed by atoms with E-state index >= 15 is 0 Å². The molecule has 37 heavy (non-hydrogen) atoms. The zero-order chi connectivity index (χ0) is 26.0. The maximum atomic E-state index is 13.1. The Hall–Kier alpha value is -3.60. The van der Waals surface area contributed by atoms with E-state index in [1.165, 1.54) is 48.2 Å². The molecule has 1 N–H and O–H groups in total. The van der Waals surface area contributed by atoms with Crippen LogP contribution in [0, 0.1) is 0 Å². The lowest BCUT2D eigenvalue weighted by atomic mass is 10.2. The normalized spacial score (nSPS) is 14.7. The molecule has 0 unspecified atom stereocenters. The van der Waals surface area contributed by atoms with Crippen molar-refractivity contribution in [3.05, 3.63) is 98.7 Å². The van der Waals surface area contributed by atoms with Crippen LogP contribution in [0.5, 0.6) is 5.75 Å². The third-order valence-electron chi connectivity index (χ3n) is 6.35. The smallest absolute Gasteiger partial charge is 0.343 e. The largest absolute Gasteiger partial charge is 0.492 e. The summed E-state index contributed by atoms with van der Waals surface area (Å²) in [7, 11) is -4.43. The molecular weight excluding hydrogens is 516 g/mol. The van der Waals surface area contributed by atoms with E-state index in [2.05, 4.69) is 26.9 Å². The van der Waals surface area contributed by atoms with E-state index in [-0.39, 0.29) is 19.8 Å². The predicted octanol–water partition coefficient (Wildman–Crippen LogP) is 2.78. The minimum atomic E-state index is -4.43. The monoisotopic (exact) mass is 540 g/mol. The van der Waals surface area contributed by atoms with E-state index in [4.69, 9.17) is 16.3 Å². The average Bonchev–Trinajstić information content (AvgIpc) is 2.89. The van der Waals surface area contributed by atoms with E-state index < -0.39 is 21.3 Å². The van der Waals surface area contributed by atoms with Crippen molar-refractivity contribution in [2.45, 2.75) is 4.90 Å². The molecule has 11 heteroatoms. The van der Waals surface area contributed by atoms with Crippen LogP contribution in [0.15, 0.2) is 87.3 Å². The lowest BCUT2D eigenvalue weighted by Crippen LogP contribution is -2.47. The first-order valence-corrected chi connectivity index (χ1v) is 13.6. The Balaban J connectivity index is 1.22. The zero-order valence-electron chi connectivity index (χ0n) is 19.8. The number of anilines is 1. The summed E-state index contributed by atoms with van der Waals surface area (Å²) in [6.07, 6.45) is 0. The summed E-state index contributed by atoms with van der Waals surface area (Å²) in [6, 6.07) is 20.2. The van der Waals surface area contributed by atoms with Crippen molar-refractivity contribution in [1.82, 2.24) is 13.9 Å². The van der Waals surface area contributed by atoms with Crippen LogP contribution < -0.4 is 20.9 Å². The van der Waals surface area contributed by atoms with Gasteiger partial charge in [-0.05, 0) is 54.6 Å². The van der Waals surface area contributed by atoms with Gasteiger partial charge in [-0.1, -0.05) is 29.8 Å². The second-order valence-corrected chi connectivity index (χ2v) is 10.9. The van der Waals surface area contributed by atoms with E-state index in [1.807, 2.05) is 18.2 Å². The SMILES string of the molecule is O=c1[nH]c2cc(Cl)ccc2c(=O)n1S(=O)(=O)c1ccc(OCCN2CCN(c3ccccc3)CC2)cc1. The van der Waals surface area contributed by atoms with Gasteiger partial charge in [0.2, 0.25) is 0 Å². The molecule has 1 fully saturated rings. The number of H-pyrrole nitrogens is 1.